The Balaban J connectivity index is 1.53. The molecule has 1 saturated carbocycles. The van der Waals surface area contributed by atoms with Gasteiger partial charge in [0.15, 0.2) is 5.82 Å². The topological polar surface area (TPSA) is 127 Å². The summed E-state index contributed by atoms with van der Waals surface area (Å²) >= 11 is 0. The molecule has 9 heteroatoms. The van der Waals surface area contributed by atoms with Crippen molar-refractivity contribution >= 4 is 12.2 Å². The standard InChI is InChI=1S/C33H39N7O2/c1-20(22(3)35-5)9-11-27-8-6-7-25-13-24(19-41)10-12-29(25)33(27,32-37-23(4)38-39-32)16-21(2)36-18-31(42)40-28(17-34)14-26-15-30(26)40/h8-13,19,21,26,28,30,35-36H,1,3,6-7,14-16,18H2,2,4-5H3,(H,37,38,39)/b11-9-/t21-,26?,28?,30?,33?/m1/s1. The number of nitriles is 1. The van der Waals surface area contributed by atoms with Gasteiger partial charge in [0.05, 0.1) is 18.0 Å². The van der Waals surface area contributed by atoms with E-state index in [2.05, 4.69) is 54.0 Å². The van der Waals surface area contributed by atoms with Crippen LogP contribution in [0.5, 0.6) is 0 Å². The molecule has 2 fully saturated rings. The molecule has 2 aliphatic carbocycles. The average molecular weight is 566 g/mol. The molecule has 1 saturated heterocycles. The maximum Gasteiger partial charge on any atom is 0.237 e. The van der Waals surface area contributed by atoms with Gasteiger partial charge in [-0.3, -0.25) is 14.7 Å². The van der Waals surface area contributed by atoms with E-state index in [1.54, 1.807) is 4.90 Å². The Labute approximate surface area is 247 Å². The van der Waals surface area contributed by atoms with Gasteiger partial charge in [0.25, 0.3) is 0 Å². The molecule has 4 unspecified atom stereocenters. The SMILES string of the molecule is C=C(/C=C\C1=CCCc2cc(C=O)ccc2C1(C[C@@H](C)NCC(=O)N1C(C#N)CC2CC21)c1n[nH]c(C)n1)C(=C)NC. The highest BCUT2D eigenvalue weighted by molar-refractivity contribution is 5.80. The van der Waals surface area contributed by atoms with E-state index in [1.807, 2.05) is 38.2 Å². The maximum atomic E-state index is 13.3. The van der Waals surface area contributed by atoms with Gasteiger partial charge < -0.3 is 15.5 Å². The number of piperidine rings is 1. The van der Waals surface area contributed by atoms with Gasteiger partial charge in [-0.1, -0.05) is 43.5 Å². The highest BCUT2D eigenvalue weighted by Crippen LogP contribution is 2.48. The van der Waals surface area contributed by atoms with Crippen molar-refractivity contribution in [3.05, 3.63) is 94.8 Å². The number of likely N-dealkylation sites (N-methyl/N-ethyl adjacent to an activating group) is 1. The van der Waals surface area contributed by atoms with Crippen molar-refractivity contribution in [2.75, 3.05) is 13.6 Å². The smallest absolute Gasteiger partial charge is 0.237 e. The van der Waals surface area contributed by atoms with Gasteiger partial charge >= 0.3 is 0 Å². The zero-order valence-electron chi connectivity index (χ0n) is 24.6. The number of carbonyl (C=O) groups is 2. The molecule has 1 aliphatic heterocycles. The molecule has 5 atom stereocenters. The van der Waals surface area contributed by atoms with Crippen LogP contribution in [0.2, 0.25) is 0 Å². The van der Waals surface area contributed by atoms with Gasteiger partial charge in [0.1, 0.15) is 18.2 Å². The van der Waals surface area contributed by atoms with Gasteiger partial charge in [-0.25, -0.2) is 4.98 Å². The fraction of sp³-hybridized carbons (Fsp3) is 0.424. The van der Waals surface area contributed by atoms with E-state index >= 15 is 0 Å². The highest BCUT2D eigenvalue weighted by Gasteiger charge is 2.54. The molecule has 0 bridgehead atoms. The molecule has 1 amide bonds. The molecule has 3 N–H and O–H groups in total. The molecule has 5 rings (SSSR count). The number of hydrogen-bond acceptors (Lipinski definition) is 7. The first-order valence-electron chi connectivity index (χ1n) is 14.6. The molecule has 1 aromatic carbocycles. The molecule has 9 nitrogen and oxygen atoms in total. The van der Waals surface area contributed by atoms with Crippen LogP contribution in [0, 0.1) is 24.2 Å². The number of aromatic nitrogens is 3. The molecule has 42 heavy (non-hydrogen) atoms. The van der Waals surface area contributed by atoms with E-state index in [0.717, 1.165) is 59.9 Å². The zero-order valence-corrected chi connectivity index (χ0v) is 24.6. The summed E-state index contributed by atoms with van der Waals surface area (Å²) in [5.74, 6) is 1.76. The lowest BCUT2D eigenvalue weighted by Gasteiger charge is -2.37. The van der Waals surface area contributed by atoms with E-state index in [9.17, 15) is 14.9 Å². The average Bonchev–Trinajstić information content (AvgIpc) is 3.49. The van der Waals surface area contributed by atoms with Crippen LogP contribution >= 0.6 is 0 Å². The van der Waals surface area contributed by atoms with Crippen molar-refractivity contribution in [2.45, 2.75) is 69.5 Å². The van der Waals surface area contributed by atoms with Crippen LogP contribution in [-0.4, -0.2) is 64.0 Å². The van der Waals surface area contributed by atoms with E-state index < -0.39 is 5.41 Å². The van der Waals surface area contributed by atoms with Crippen LogP contribution in [-0.2, 0) is 16.6 Å². The molecular formula is C33H39N7O2. The molecule has 2 aromatic rings. The van der Waals surface area contributed by atoms with Crippen LogP contribution in [0.4, 0.5) is 0 Å². The van der Waals surface area contributed by atoms with Crippen molar-refractivity contribution in [2.24, 2.45) is 5.92 Å². The second-order valence-electron chi connectivity index (χ2n) is 11.7. The number of nitrogens with one attached hydrogen (secondary N) is 3. The quantitative estimate of drug-likeness (QED) is 0.279. The number of aromatic amines is 1. The van der Waals surface area contributed by atoms with Gasteiger partial charge in [0.2, 0.25) is 5.91 Å². The van der Waals surface area contributed by atoms with Gasteiger partial charge in [-0.05, 0) is 80.2 Å². The Hall–Kier alpha value is -4.29. The monoisotopic (exact) mass is 565 g/mol. The Bertz CT molecular complexity index is 1510. The van der Waals surface area contributed by atoms with E-state index in [4.69, 9.17) is 10.1 Å². The summed E-state index contributed by atoms with van der Waals surface area (Å²) in [4.78, 5) is 31.6. The third-order valence-electron chi connectivity index (χ3n) is 8.88. The largest absolute Gasteiger partial charge is 0.388 e. The number of aldehydes is 1. The van der Waals surface area contributed by atoms with Gasteiger partial charge in [0, 0.05) is 30.4 Å². The molecule has 1 aromatic heterocycles. The molecule has 3 aliphatic rings. The summed E-state index contributed by atoms with van der Waals surface area (Å²) in [7, 11) is 1.81. The summed E-state index contributed by atoms with van der Waals surface area (Å²) in [5.41, 5.74) is 4.43. The normalized spacial score (nSPS) is 25.0. The minimum Gasteiger partial charge on any atom is -0.388 e. The predicted octanol–water partition coefficient (Wildman–Crippen LogP) is 3.81. The van der Waals surface area contributed by atoms with E-state index in [-0.39, 0.29) is 30.6 Å². The minimum absolute atomic E-state index is 0.0318. The number of hydrogen-bond donors (Lipinski definition) is 3. The number of benzene rings is 1. The maximum absolute atomic E-state index is 13.3. The summed E-state index contributed by atoms with van der Waals surface area (Å²) < 4.78 is 0. The summed E-state index contributed by atoms with van der Waals surface area (Å²) in [5, 5.41) is 23.8. The minimum atomic E-state index is -0.782. The Morgan fingerprint density at radius 1 is 1.36 bits per heavy atom. The fourth-order valence-corrected chi connectivity index (χ4v) is 6.60. The van der Waals surface area contributed by atoms with Crippen LogP contribution < -0.4 is 10.6 Å². The summed E-state index contributed by atoms with van der Waals surface area (Å²) in [6.07, 6.45) is 11.0. The van der Waals surface area contributed by atoms with Crippen molar-refractivity contribution in [3.63, 3.8) is 0 Å². The lowest BCUT2D eigenvalue weighted by molar-refractivity contribution is -0.131. The van der Waals surface area contributed by atoms with Gasteiger partial charge in [-0.2, -0.15) is 10.4 Å². The molecule has 0 spiro atoms. The number of H-pyrrole nitrogens is 1. The number of nitrogens with zero attached hydrogens (tertiary/aromatic N) is 4. The molecular weight excluding hydrogens is 526 g/mol. The first-order valence-corrected chi connectivity index (χ1v) is 14.6. The van der Waals surface area contributed by atoms with Gasteiger partial charge in [-0.15, -0.1) is 0 Å². The fourth-order valence-electron chi connectivity index (χ4n) is 6.60. The van der Waals surface area contributed by atoms with Crippen molar-refractivity contribution in [1.29, 1.82) is 5.26 Å². The number of allylic oxidation sites excluding steroid dienone is 4. The number of carbonyl (C=O) groups excluding carboxylic acids is 2. The number of aryl methyl sites for hydroxylation is 2. The van der Waals surface area contributed by atoms with Crippen molar-refractivity contribution in [3.8, 4) is 6.07 Å². The lowest BCUT2D eigenvalue weighted by atomic mass is 9.68. The second kappa shape index (κ2) is 11.9. The Morgan fingerprint density at radius 2 is 2.17 bits per heavy atom. The lowest BCUT2D eigenvalue weighted by Crippen LogP contribution is -2.46. The van der Waals surface area contributed by atoms with Crippen LogP contribution in [0.15, 0.2) is 66.4 Å². The Morgan fingerprint density at radius 3 is 2.86 bits per heavy atom. The molecule has 218 valence electrons. The van der Waals surface area contributed by atoms with Crippen molar-refractivity contribution < 1.29 is 9.59 Å². The Kier molecular flexibility index (Phi) is 8.28. The van der Waals surface area contributed by atoms with Crippen LogP contribution in [0.25, 0.3) is 0 Å². The molecule has 0 radical (unpaired) electrons. The van der Waals surface area contributed by atoms with E-state index in [1.165, 1.54) is 0 Å². The number of likely N-dealkylation sites (tertiary alicyclic amines) is 1. The second-order valence-corrected chi connectivity index (χ2v) is 11.7. The summed E-state index contributed by atoms with van der Waals surface area (Å²) in [6.45, 7) is 12.3. The first-order chi connectivity index (χ1) is 20.2. The first kappa shape index (κ1) is 29.2. The zero-order chi connectivity index (χ0) is 30.0. The predicted molar refractivity (Wildman–Crippen MR) is 161 cm³/mol. The third-order valence-corrected chi connectivity index (χ3v) is 8.88. The molecule has 2 heterocycles. The van der Waals surface area contributed by atoms with Crippen molar-refractivity contribution in [1.82, 2.24) is 30.7 Å². The van der Waals surface area contributed by atoms with Crippen LogP contribution in [0.1, 0.15) is 65.7 Å². The number of fused-ring (bicyclic) bond motifs is 2. The number of rotatable bonds is 11. The highest BCUT2D eigenvalue weighted by atomic mass is 16.2. The van der Waals surface area contributed by atoms with Crippen LogP contribution in [0.3, 0.4) is 0 Å². The summed E-state index contributed by atoms with van der Waals surface area (Å²) in [6, 6.07) is 7.88. The third kappa shape index (κ3) is 5.47. The van der Waals surface area contributed by atoms with E-state index in [0.29, 0.717) is 29.6 Å². The number of amides is 1.